The Morgan fingerprint density at radius 1 is 1.00 bits per heavy atom. The van der Waals surface area contributed by atoms with Crippen LogP contribution in [0.4, 0.5) is 47.7 Å². The summed E-state index contributed by atoms with van der Waals surface area (Å²) in [5.41, 5.74) is 1.03. The van der Waals surface area contributed by atoms with Gasteiger partial charge in [-0.2, -0.15) is 18.2 Å². The van der Waals surface area contributed by atoms with Gasteiger partial charge in [0.05, 0.1) is 16.9 Å². The highest BCUT2D eigenvalue weighted by Gasteiger charge is 2.40. The summed E-state index contributed by atoms with van der Waals surface area (Å²) in [5.74, 6) is -0.667. The number of anilines is 6. The van der Waals surface area contributed by atoms with Crippen molar-refractivity contribution >= 4 is 46.3 Å². The molecule has 1 aromatic heterocycles. The zero-order valence-electron chi connectivity index (χ0n) is 24.6. The normalized spacial score (nSPS) is 19.0. The largest absolute Gasteiger partial charge is 0.421 e. The van der Waals surface area contributed by atoms with Crippen molar-refractivity contribution in [2.24, 2.45) is 5.92 Å². The predicted octanol–water partition coefficient (Wildman–Crippen LogP) is 5.32. The molecule has 2 amide bonds. The van der Waals surface area contributed by atoms with Gasteiger partial charge in [0.2, 0.25) is 11.9 Å². The maximum atomic E-state index is 14.0. The molecular weight excluding hydrogens is 573 g/mol. The molecule has 3 aliphatic rings. The van der Waals surface area contributed by atoms with Crippen LogP contribution in [0.1, 0.15) is 42.6 Å². The zero-order valence-corrected chi connectivity index (χ0v) is 24.6. The Balaban J connectivity index is 1.23. The first-order chi connectivity index (χ1) is 21.1. The molecule has 6 rings (SSSR count). The fourth-order valence-corrected chi connectivity index (χ4v) is 6.10. The van der Waals surface area contributed by atoms with Crippen LogP contribution in [0.3, 0.4) is 0 Å². The van der Waals surface area contributed by atoms with E-state index >= 15 is 0 Å². The van der Waals surface area contributed by atoms with Gasteiger partial charge in [-0.15, -0.1) is 0 Å². The molecule has 2 saturated heterocycles. The van der Waals surface area contributed by atoms with E-state index in [1.165, 1.54) is 11.0 Å². The fourth-order valence-electron chi connectivity index (χ4n) is 6.10. The summed E-state index contributed by atoms with van der Waals surface area (Å²) < 4.78 is 42.1. The SMILES string of the molecule is CC(C)CN1CCN(c2ccc(Nc3ncc(C(F)(F)F)c(Nc4cccc5c4C(=O)N4CCC[C@H]4C(=O)N5)n3)cc2)CC1. The number of hydrogen-bond donors (Lipinski definition) is 3. The highest BCUT2D eigenvalue weighted by atomic mass is 19.4. The molecule has 0 saturated carbocycles. The van der Waals surface area contributed by atoms with Crippen LogP contribution < -0.4 is 20.9 Å². The van der Waals surface area contributed by atoms with Gasteiger partial charge in [-0.1, -0.05) is 19.9 Å². The number of piperazine rings is 1. The molecule has 232 valence electrons. The summed E-state index contributed by atoms with van der Waals surface area (Å²) in [4.78, 5) is 40.6. The lowest BCUT2D eigenvalue weighted by Crippen LogP contribution is -2.47. The molecule has 3 aliphatic heterocycles. The number of rotatable bonds is 7. The third-order valence-corrected chi connectivity index (χ3v) is 8.18. The minimum Gasteiger partial charge on any atom is -0.369 e. The average Bonchev–Trinajstić information content (AvgIpc) is 3.44. The van der Waals surface area contributed by atoms with Gasteiger partial charge in [0.15, 0.2) is 0 Å². The van der Waals surface area contributed by atoms with Gasteiger partial charge in [-0.25, -0.2) is 4.98 Å². The molecule has 3 aromatic rings. The van der Waals surface area contributed by atoms with Gasteiger partial charge in [-0.05, 0) is 55.2 Å². The molecule has 0 bridgehead atoms. The Bertz CT molecular complexity index is 1540. The summed E-state index contributed by atoms with van der Waals surface area (Å²) in [6, 6.07) is 11.6. The molecule has 2 aromatic carbocycles. The number of amides is 2. The van der Waals surface area contributed by atoms with Crippen LogP contribution in [0.15, 0.2) is 48.7 Å². The van der Waals surface area contributed by atoms with Crippen LogP contribution >= 0.6 is 0 Å². The zero-order chi connectivity index (χ0) is 31.0. The summed E-state index contributed by atoms with van der Waals surface area (Å²) in [7, 11) is 0. The standard InChI is InChI=1S/C31H35F3N8O2/c1-19(2)18-40-13-15-41(16-14-40)21-10-8-20(9-11-21)36-30-35-17-22(31(32,33)34)27(39-30)37-23-5-3-6-24-26(23)29(44)42-12-4-7-25(42)28(43)38-24/h3,5-6,8-11,17,19,25H,4,7,12-16,18H2,1-2H3,(H,38,43)(H2,35,36,37,39)/t25-/m0/s1. The molecule has 0 unspecified atom stereocenters. The second-order valence-electron chi connectivity index (χ2n) is 11.8. The third-order valence-electron chi connectivity index (χ3n) is 8.18. The van der Waals surface area contributed by atoms with Gasteiger partial charge in [0.25, 0.3) is 5.91 Å². The number of fused-ring (bicyclic) bond motifs is 2. The van der Waals surface area contributed by atoms with Gasteiger partial charge in [0.1, 0.15) is 17.4 Å². The van der Waals surface area contributed by atoms with E-state index in [0.29, 0.717) is 37.2 Å². The van der Waals surface area contributed by atoms with Crippen molar-refractivity contribution in [1.29, 1.82) is 0 Å². The lowest BCUT2D eigenvalue weighted by Gasteiger charge is -2.36. The van der Waals surface area contributed by atoms with E-state index < -0.39 is 29.5 Å². The molecule has 2 fully saturated rings. The Kier molecular flexibility index (Phi) is 8.06. The lowest BCUT2D eigenvalue weighted by atomic mass is 10.1. The molecule has 44 heavy (non-hydrogen) atoms. The van der Waals surface area contributed by atoms with Crippen molar-refractivity contribution in [3.8, 4) is 0 Å². The van der Waals surface area contributed by atoms with Gasteiger partial charge in [-0.3, -0.25) is 14.5 Å². The van der Waals surface area contributed by atoms with E-state index in [-0.39, 0.29) is 28.8 Å². The Morgan fingerprint density at radius 2 is 1.75 bits per heavy atom. The summed E-state index contributed by atoms with van der Waals surface area (Å²) in [6.07, 6.45) is -2.84. The number of carbonyl (C=O) groups excluding carboxylic acids is 2. The van der Waals surface area contributed by atoms with Crippen LogP contribution in [0, 0.1) is 5.92 Å². The van der Waals surface area contributed by atoms with Crippen molar-refractivity contribution in [2.75, 3.05) is 60.1 Å². The number of alkyl halides is 3. The first kappa shape index (κ1) is 29.7. The van der Waals surface area contributed by atoms with Gasteiger partial charge >= 0.3 is 6.18 Å². The van der Waals surface area contributed by atoms with E-state index in [1.54, 1.807) is 12.1 Å². The number of hydrogen-bond acceptors (Lipinski definition) is 8. The molecule has 0 radical (unpaired) electrons. The average molecular weight is 609 g/mol. The number of aromatic nitrogens is 2. The molecule has 13 heteroatoms. The van der Waals surface area contributed by atoms with E-state index in [4.69, 9.17) is 0 Å². The second kappa shape index (κ2) is 11.9. The summed E-state index contributed by atoms with van der Waals surface area (Å²) >= 11 is 0. The molecular formula is C31H35F3N8O2. The smallest absolute Gasteiger partial charge is 0.369 e. The quantitative estimate of drug-likeness (QED) is 0.331. The summed E-state index contributed by atoms with van der Waals surface area (Å²) in [6.45, 7) is 9.75. The van der Waals surface area contributed by atoms with Crippen molar-refractivity contribution in [3.63, 3.8) is 0 Å². The minimum atomic E-state index is -4.76. The number of nitrogens with one attached hydrogen (secondary N) is 3. The van der Waals surface area contributed by atoms with Crippen LogP contribution in [-0.4, -0.2) is 76.9 Å². The van der Waals surface area contributed by atoms with Crippen LogP contribution in [0.5, 0.6) is 0 Å². The number of carbonyl (C=O) groups is 2. The van der Waals surface area contributed by atoms with Crippen LogP contribution in [-0.2, 0) is 11.0 Å². The minimum absolute atomic E-state index is 0.0446. The van der Waals surface area contributed by atoms with Crippen molar-refractivity contribution in [2.45, 2.75) is 38.9 Å². The molecule has 0 spiro atoms. The Hall–Kier alpha value is -4.39. The highest BCUT2D eigenvalue weighted by molar-refractivity contribution is 6.13. The summed E-state index contributed by atoms with van der Waals surface area (Å²) in [5, 5.41) is 8.49. The van der Waals surface area contributed by atoms with Crippen LogP contribution in [0.25, 0.3) is 0 Å². The number of benzene rings is 2. The van der Waals surface area contributed by atoms with Crippen molar-refractivity contribution < 1.29 is 22.8 Å². The number of nitrogens with zero attached hydrogens (tertiary/aromatic N) is 5. The predicted molar refractivity (Wildman–Crippen MR) is 163 cm³/mol. The molecule has 3 N–H and O–H groups in total. The van der Waals surface area contributed by atoms with Gasteiger partial charge in [0, 0.05) is 56.8 Å². The first-order valence-corrected chi connectivity index (χ1v) is 14.9. The molecule has 4 heterocycles. The lowest BCUT2D eigenvalue weighted by molar-refractivity contribution is -0.137. The van der Waals surface area contributed by atoms with E-state index in [1.807, 2.05) is 24.3 Å². The second-order valence-corrected chi connectivity index (χ2v) is 11.8. The molecule has 0 aliphatic carbocycles. The Labute approximate surface area is 253 Å². The Morgan fingerprint density at radius 3 is 2.45 bits per heavy atom. The first-order valence-electron chi connectivity index (χ1n) is 14.9. The molecule has 10 nitrogen and oxygen atoms in total. The monoisotopic (exact) mass is 608 g/mol. The van der Waals surface area contributed by atoms with E-state index in [2.05, 4.69) is 49.6 Å². The molecule has 1 atom stereocenters. The van der Waals surface area contributed by atoms with Crippen molar-refractivity contribution in [1.82, 2.24) is 19.8 Å². The van der Waals surface area contributed by atoms with E-state index in [9.17, 15) is 22.8 Å². The van der Waals surface area contributed by atoms with Gasteiger partial charge < -0.3 is 25.8 Å². The van der Waals surface area contributed by atoms with E-state index in [0.717, 1.165) is 38.4 Å². The maximum absolute atomic E-state index is 14.0. The maximum Gasteiger partial charge on any atom is 0.421 e. The fraction of sp³-hybridized carbons (Fsp3) is 0.419. The van der Waals surface area contributed by atoms with Crippen LogP contribution in [0.2, 0.25) is 0 Å². The third kappa shape index (κ3) is 6.14. The topological polar surface area (TPSA) is 106 Å². The highest BCUT2D eigenvalue weighted by Crippen LogP contribution is 2.38. The van der Waals surface area contributed by atoms with Crippen molar-refractivity contribution in [3.05, 3.63) is 59.8 Å². The number of halogens is 3.